The highest BCUT2D eigenvalue weighted by atomic mass is 16.6. The van der Waals surface area contributed by atoms with Gasteiger partial charge in [0.2, 0.25) is 0 Å². The predicted molar refractivity (Wildman–Crippen MR) is 84.5 cm³/mol. The fourth-order valence-electron chi connectivity index (χ4n) is 3.52. The quantitative estimate of drug-likeness (QED) is 0.512. The Kier molecular flexibility index (Phi) is 4.50. The van der Waals surface area contributed by atoms with Crippen molar-refractivity contribution in [2.75, 3.05) is 6.54 Å². The summed E-state index contributed by atoms with van der Waals surface area (Å²) in [6.45, 7) is 3.18. The van der Waals surface area contributed by atoms with E-state index in [1.54, 1.807) is 12.5 Å². The first kappa shape index (κ1) is 15.8. The lowest BCUT2D eigenvalue weighted by Crippen LogP contribution is -2.33. The molecule has 23 heavy (non-hydrogen) atoms. The summed E-state index contributed by atoms with van der Waals surface area (Å²) in [5.74, 6) is -0.767. The van der Waals surface area contributed by atoms with Crippen molar-refractivity contribution in [3.8, 4) is 0 Å². The van der Waals surface area contributed by atoms with Gasteiger partial charge in [0.05, 0.1) is 6.33 Å². The van der Waals surface area contributed by atoms with Crippen molar-refractivity contribution < 1.29 is 14.3 Å². The van der Waals surface area contributed by atoms with Crippen LogP contribution in [-0.2, 0) is 20.9 Å². The third-order valence-corrected chi connectivity index (χ3v) is 4.88. The molecule has 2 heterocycles. The van der Waals surface area contributed by atoms with Gasteiger partial charge in [0.15, 0.2) is 0 Å². The van der Waals surface area contributed by atoms with Crippen molar-refractivity contribution in [3.05, 3.63) is 29.9 Å². The number of amides is 1. The molecule has 1 amide bonds. The number of esters is 1. The van der Waals surface area contributed by atoms with E-state index in [0.717, 1.165) is 44.2 Å². The minimum Gasteiger partial charge on any atom is -0.451 e. The first-order chi connectivity index (χ1) is 11.1. The number of aromatic nitrogens is 2. The van der Waals surface area contributed by atoms with Crippen LogP contribution in [0.5, 0.6) is 0 Å². The SMILES string of the molecule is CC1=C(C(=O)NCCCn2ccnc2)C(=O)OC12CCCCC2. The highest BCUT2D eigenvalue weighted by Crippen LogP contribution is 2.43. The molecule has 0 unspecified atom stereocenters. The van der Waals surface area contributed by atoms with Crippen LogP contribution >= 0.6 is 0 Å². The van der Waals surface area contributed by atoms with E-state index in [4.69, 9.17) is 4.74 Å². The Morgan fingerprint density at radius 3 is 2.87 bits per heavy atom. The summed E-state index contributed by atoms with van der Waals surface area (Å²) in [7, 11) is 0. The van der Waals surface area contributed by atoms with E-state index >= 15 is 0 Å². The average Bonchev–Trinajstić information content (AvgIpc) is 3.13. The molecule has 3 rings (SSSR count). The van der Waals surface area contributed by atoms with Crippen LogP contribution < -0.4 is 5.32 Å². The Hall–Kier alpha value is -2.11. The Morgan fingerprint density at radius 2 is 2.17 bits per heavy atom. The van der Waals surface area contributed by atoms with Crippen molar-refractivity contribution >= 4 is 11.9 Å². The van der Waals surface area contributed by atoms with Crippen LogP contribution in [0.15, 0.2) is 29.9 Å². The number of imidazole rings is 1. The van der Waals surface area contributed by atoms with Gasteiger partial charge in [0.1, 0.15) is 11.2 Å². The topological polar surface area (TPSA) is 73.2 Å². The van der Waals surface area contributed by atoms with Crippen molar-refractivity contribution in [1.82, 2.24) is 14.9 Å². The molecule has 1 spiro atoms. The molecule has 2 aliphatic rings. The Labute approximate surface area is 135 Å². The molecule has 1 N–H and O–H groups in total. The van der Waals surface area contributed by atoms with Crippen LogP contribution in [0.2, 0.25) is 0 Å². The van der Waals surface area contributed by atoms with Crippen LogP contribution in [0.1, 0.15) is 45.4 Å². The van der Waals surface area contributed by atoms with Crippen LogP contribution in [0.4, 0.5) is 0 Å². The van der Waals surface area contributed by atoms with Gasteiger partial charge < -0.3 is 14.6 Å². The number of hydrogen-bond acceptors (Lipinski definition) is 4. The first-order valence-electron chi connectivity index (χ1n) is 8.31. The molecule has 0 saturated heterocycles. The van der Waals surface area contributed by atoms with Crippen LogP contribution in [0, 0.1) is 0 Å². The summed E-state index contributed by atoms with van der Waals surface area (Å²) < 4.78 is 7.57. The summed E-state index contributed by atoms with van der Waals surface area (Å²) in [6.07, 6.45) is 11.1. The predicted octanol–water partition coefficient (Wildman–Crippen LogP) is 1.97. The molecule has 1 aromatic rings. The fraction of sp³-hybridized carbons (Fsp3) is 0.588. The number of ether oxygens (including phenoxy) is 1. The number of aryl methyl sites for hydroxylation is 1. The van der Waals surface area contributed by atoms with Gasteiger partial charge in [-0.3, -0.25) is 4.79 Å². The Morgan fingerprint density at radius 1 is 1.39 bits per heavy atom. The minimum atomic E-state index is -0.515. The van der Waals surface area contributed by atoms with E-state index in [2.05, 4.69) is 10.3 Å². The zero-order valence-electron chi connectivity index (χ0n) is 13.5. The van der Waals surface area contributed by atoms with E-state index in [0.29, 0.717) is 6.54 Å². The second-order valence-electron chi connectivity index (χ2n) is 6.35. The molecule has 0 bridgehead atoms. The van der Waals surface area contributed by atoms with Crippen LogP contribution in [0.25, 0.3) is 0 Å². The first-order valence-corrected chi connectivity index (χ1v) is 8.31. The molecule has 0 radical (unpaired) electrons. The maximum Gasteiger partial charge on any atom is 0.344 e. The molecule has 1 aliphatic carbocycles. The highest BCUT2D eigenvalue weighted by molar-refractivity contribution is 6.18. The van der Waals surface area contributed by atoms with Gasteiger partial charge in [-0.2, -0.15) is 0 Å². The highest BCUT2D eigenvalue weighted by Gasteiger charge is 2.47. The van der Waals surface area contributed by atoms with Crippen LogP contribution in [0.3, 0.4) is 0 Å². The second-order valence-corrected chi connectivity index (χ2v) is 6.35. The number of rotatable bonds is 5. The zero-order chi connectivity index (χ0) is 16.3. The lowest BCUT2D eigenvalue weighted by atomic mass is 9.79. The molecular weight excluding hydrogens is 294 g/mol. The standard InChI is InChI=1S/C17H23N3O3/c1-13-14(16(22)23-17(13)6-3-2-4-7-17)15(21)19-8-5-10-20-11-9-18-12-20/h9,11-12H,2-8,10H2,1H3,(H,19,21). The Bertz CT molecular complexity index is 613. The van der Waals surface area contributed by atoms with Gasteiger partial charge in [-0.15, -0.1) is 0 Å². The van der Waals surface area contributed by atoms with Crippen molar-refractivity contribution in [2.45, 2.75) is 57.6 Å². The van der Waals surface area contributed by atoms with E-state index < -0.39 is 11.6 Å². The number of carbonyl (C=O) groups excluding carboxylic acids is 2. The van der Waals surface area contributed by atoms with Gasteiger partial charge in [-0.25, -0.2) is 9.78 Å². The van der Waals surface area contributed by atoms with E-state index in [1.807, 2.05) is 17.7 Å². The zero-order valence-corrected chi connectivity index (χ0v) is 13.5. The molecule has 1 saturated carbocycles. The maximum atomic E-state index is 12.4. The third kappa shape index (κ3) is 3.16. The normalized spacial score (nSPS) is 20.0. The van der Waals surface area contributed by atoms with Crippen molar-refractivity contribution in [1.29, 1.82) is 0 Å². The fourth-order valence-corrected chi connectivity index (χ4v) is 3.52. The second kappa shape index (κ2) is 6.56. The summed E-state index contributed by atoms with van der Waals surface area (Å²) in [5, 5.41) is 2.84. The van der Waals surface area contributed by atoms with Gasteiger partial charge >= 0.3 is 5.97 Å². The molecule has 1 aliphatic heterocycles. The van der Waals surface area contributed by atoms with Crippen molar-refractivity contribution in [2.24, 2.45) is 0 Å². The molecule has 6 heteroatoms. The Balaban J connectivity index is 1.58. The number of carbonyl (C=O) groups is 2. The molecule has 0 aromatic carbocycles. The summed E-state index contributed by atoms with van der Waals surface area (Å²) >= 11 is 0. The van der Waals surface area contributed by atoms with Gasteiger partial charge in [0.25, 0.3) is 5.91 Å². The van der Waals surface area contributed by atoms with E-state index in [1.165, 1.54) is 6.42 Å². The molecule has 1 aromatic heterocycles. The average molecular weight is 317 g/mol. The van der Waals surface area contributed by atoms with Gasteiger partial charge in [-0.05, 0) is 44.6 Å². The molecular formula is C17H23N3O3. The lowest BCUT2D eigenvalue weighted by Gasteiger charge is -2.33. The smallest absolute Gasteiger partial charge is 0.344 e. The van der Waals surface area contributed by atoms with E-state index in [-0.39, 0.29) is 11.5 Å². The number of hydrogen-bond donors (Lipinski definition) is 1. The maximum absolute atomic E-state index is 12.4. The lowest BCUT2D eigenvalue weighted by molar-refractivity contribution is -0.149. The number of nitrogens with zero attached hydrogens (tertiary/aromatic N) is 2. The van der Waals surface area contributed by atoms with Gasteiger partial charge in [-0.1, -0.05) is 6.42 Å². The monoisotopic (exact) mass is 317 g/mol. The summed E-state index contributed by atoms with van der Waals surface area (Å²) in [5.41, 5.74) is 0.516. The minimum absolute atomic E-state index is 0.217. The molecule has 0 atom stereocenters. The summed E-state index contributed by atoms with van der Waals surface area (Å²) in [4.78, 5) is 28.5. The molecule has 6 nitrogen and oxygen atoms in total. The van der Waals surface area contributed by atoms with E-state index in [9.17, 15) is 9.59 Å². The molecule has 1 fully saturated rings. The third-order valence-electron chi connectivity index (χ3n) is 4.88. The van der Waals surface area contributed by atoms with Crippen LogP contribution in [-0.4, -0.2) is 33.6 Å². The van der Waals surface area contributed by atoms with Gasteiger partial charge in [0, 0.05) is 25.5 Å². The van der Waals surface area contributed by atoms with Crippen molar-refractivity contribution in [3.63, 3.8) is 0 Å². The summed E-state index contributed by atoms with van der Waals surface area (Å²) in [6, 6.07) is 0. The molecule has 124 valence electrons. The number of nitrogens with one attached hydrogen (secondary N) is 1. The largest absolute Gasteiger partial charge is 0.451 e.